The van der Waals surface area contributed by atoms with Crippen LogP contribution in [0.5, 0.6) is 0 Å². The van der Waals surface area contributed by atoms with Gasteiger partial charge in [0.15, 0.2) is 0 Å². The van der Waals surface area contributed by atoms with Gasteiger partial charge in [0.05, 0.1) is 0 Å². The third kappa shape index (κ3) is 7.50. The van der Waals surface area contributed by atoms with E-state index in [9.17, 15) is 4.79 Å². The molecular weight excluding hydrogens is 701 g/mol. The lowest BCUT2D eigenvalue weighted by Crippen LogP contribution is -2.19. The predicted molar refractivity (Wildman–Crippen MR) is 228 cm³/mol. The van der Waals surface area contributed by atoms with Gasteiger partial charge in [-0.05, 0) is 95.6 Å². The first-order valence-corrected chi connectivity index (χ1v) is 19.8. The van der Waals surface area contributed by atoms with Crippen LogP contribution in [0.1, 0.15) is 82.7 Å². The molecule has 4 aromatic heterocycles. The number of aromatic nitrogens is 4. The number of fused-ring (bicyclic) bond motifs is 8. The van der Waals surface area contributed by atoms with Crippen LogP contribution in [-0.2, 0) is 11.2 Å². The molecule has 57 heavy (non-hydrogen) atoms. The van der Waals surface area contributed by atoms with Crippen LogP contribution < -0.4 is 21.4 Å². The van der Waals surface area contributed by atoms with Crippen molar-refractivity contribution in [3.63, 3.8) is 0 Å². The van der Waals surface area contributed by atoms with E-state index in [1.54, 1.807) is 0 Å². The fraction of sp³-hybridized carbons (Fsp3) is 0.118. The van der Waals surface area contributed by atoms with Crippen LogP contribution in [0.25, 0.3) is 22.3 Å². The van der Waals surface area contributed by atoms with Crippen molar-refractivity contribution in [1.82, 2.24) is 19.9 Å². The highest BCUT2D eigenvalue weighted by atomic mass is 16.4. The van der Waals surface area contributed by atoms with Crippen LogP contribution in [0.15, 0.2) is 164 Å². The molecule has 0 fully saturated rings. The third-order valence-electron chi connectivity index (χ3n) is 10.9. The lowest BCUT2D eigenvalue weighted by Gasteiger charge is -2.10. The lowest BCUT2D eigenvalue weighted by molar-refractivity contribution is -0.137. The standard InChI is InChI=1S/C51H44N4O2/c56-47(57)21-13-2-1-6-14-34-22-24-38(25-23-34)51-45-32-30-43(54-45)49(36-17-9-4-10-18-36)41-28-26-39(52-41)48(35-15-7-3-8-16-35)40-27-29-42(53-40)50(37-19-11-5-12-20-37)44-31-33-46(51)55-44/h3-5,7-12,15-20,22-33,52-55H,1-2,6,13-14,21H2,(H,56,57). The summed E-state index contributed by atoms with van der Waals surface area (Å²) in [5.41, 5.74) is 14.1. The Balaban J connectivity index is 1.26. The summed E-state index contributed by atoms with van der Waals surface area (Å²) in [6.07, 6.45) is 4.95. The van der Waals surface area contributed by atoms with Crippen LogP contribution in [0.2, 0.25) is 0 Å². The van der Waals surface area contributed by atoms with Crippen molar-refractivity contribution < 1.29 is 9.90 Å². The Bertz CT molecular complexity index is 2910. The number of carbonyl (C=O) groups is 1. The molecule has 8 bridgehead atoms. The zero-order valence-electron chi connectivity index (χ0n) is 31.7. The van der Waals surface area contributed by atoms with E-state index in [2.05, 4.69) is 184 Å². The minimum absolute atomic E-state index is 0.245. The van der Waals surface area contributed by atoms with E-state index in [0.717, 1.165) is 121 Å². The number of aromatic amines is 4. The molecule has 0 atom stereocenters. The van der Waals surface area contributed by atoms with E-state index in [-0.39, 0.29) is 6.42 Å². The van der Waals surface area contributed by atoms with Gasteiger partial charge in [-0.1, -0.05) is 128 Å². The van der Waals surface area contributed by atoms with E-state index in [4.69, 9.17) is 5.11 Å². The highest BCUT2D eigenvalue weighted by Gasteiger charge is 2.18. The Morgan fingerprint density at radius 3 is 1.09 bits per heavy atom. The molecule has 0 saturated heterocycles. The molecule has 1 aliphatic heterocycles. The van der Waals surface area contributed by atoms with E-state index in [0.29, 0.717) is 0 Å². The van der Waals surface area contributed by atoms with Crippen LogP contribution >= 0.6 is 0 Å². The zero-order chi connectivity index (χ0) is 38.6. The third-order valence-corrected chi connectivity index (χ3v) is 10.9. The summed E-state index contributed by atoms with van der Waals surface area (Å²) in [5, 5.41) is 13.0. The molecule has 4 aromatic carbocycles. The first-order valence-electron chi connectivity index (χ1n) is 19.8. The molecule has 6 nitrogen and oxygen atoms in total. The SMILES string of the molecule is O=C(O)CCCCCCc1ccc(C2=c3ccc([nH]3)=C(c3ccccc3)c3ccc([nH]3)C(c3ccccc3)=c3ccc([nH]3)=C(c3ccccc3)c3ccc2[nH]3)cc1. The largest absolute Gasteiger partial charge is 0.481 e. The molecule has 0 saturated carbocycles. The summed E-state index contributed by atoms with van der Waals surface area (Å²) < 4.78 is 0. The topological polar surface area (TPSA) is 100 Å². The van der Waals surface area contributed by atoms with Crippen molar-refractivity contribution in [1.29, 1.82) is 0 Å². The number of H-pyrrole nitrogens is 4. The molecule has 5 N–H and O–H groups in total. The second kappa shape index (κ2) is 16.0. The number of rotatable bonds is 11. The summed E-state index contributed by atoms with van der Waals surface area (Å²) in [4.78, 5) is 26.4. The second-order valence-electron chi connectivity index (χ2n) is 14.7. The van der Waals surface area contributed by atoms with Crippen LogP contribution in [0.4, 0.5) is 0 Å². The minimum Gasteiger partial charge on any atom is -0.481 e. The van der Waals surface area contributed by atoms with Gasteiger partial charge in [0.1, 0.15) is 0 Å². The summed E-state index contributed by atoms with van der Waals surface area (Å²) >= 11 is 0. The van der Waals surface area contributed by atoms with Crippen molar-refractivity contribution in [2.24, 2.45) is 0 Å². The van der Waals surface area contributed by atoms with Crippen molar-refractivity contribution in [3.8, 4) is 0 Å². The number of aryl methyl sites for hydroxylation is 1. The zero-order valence-corrected chi connectivity index (χ0v) is 31.7. The van der Waals surface area contributed by atoms with Gasteiger partial charge in [-0.3, -0.25) is 4.79 Å². The van der Waals surface area contributed by atoms with Gasteiger partial charge in [0.2, 0.25) is 0 Å². The molecule has 0 amide bonds. The van der Waals surface area contributed by atoms with E-state index < -0.39 is 5.97 Å². The van der Waals surface area contributed by atoms with E-state index >= 15 is 0 Å². The van der Waals surface area contributed by atoms with Crippen molar-refractivity contribution >= 4 is 28.3 Å². The normalized spacial score (nSPS) is 12.6. The molecule has 280 valence electrons. The number of unbranched alkanes of at least 4 members (excludes halogenated alkanes) is 3. The molecule has 0 aliphatic carbocycles. The Hall–Kier alpha value is -7.05. The molecule has 1 aliphatic rings. The summed E-state index contributed by atoms with van der Waals surface area (Å²) in [6.45, 7) is 0. The summed E-state index contributed by atoms with van der Waals surface area (Å²) in [7, 11) is 0. The van der Waals surface area contributed by atoms with Crippen molar-refractivity contribution in [2.45, 2.75) is 38.5 Å². The van der Waals surface area contributed by atoms with Gasteiger partial charge in [0, 0.05) is 72.9 Å². The lowest BCUT2D eigenvalue weighted by atomic mass is 9.99. The summed E-state index contributed by atoms with van der Waals surface area (Å²) in [6, 6.07) is 58.2. The van der Waals surface area contributed by atoms with Crippen molar-refractivity contribution in [2.75, 3.05) is 0 Å². The highest BCUT2D eigenvalue weighted by molar-refractivity contribution is 5.84. The second-order valence-corrected chi connectivity index (χ2v) is 14.7. The maximum absolute atomic E-state index is 10.9. The number of carboxylic acids is 1. The molecule has 9 rings (SSSR count). The summed E-state index contributed by atoms with van der Waals surface area (Å²) in [5.74, 6) is -0.716. The van der Waals surface area contributed by atoms with Gasteiger partial charge in [-0.2, -0.15) is 0 Å². The maximum Gasteiger partial charge on any atom is 0.303 e. The van der Waals surface area contributed by atoms with Gasteiger partial charge >= 0.3 is 5.97 Å². The Kier molecular flexibility index (Phi) is 9.98. The number of hydrogen-bond donors (Lipinski definition) is 5. The molecule has 0 spiro atoms. The number of nitrogens with one attached hydrogen (secondary N) is 4. The molecule has 6 heteroatoms. The van der Waals surface area contributed by atoms with E-state index in [1.165, 1.54) is 5.56 Å². The van der Waals surface area contributed by atoms with Gasteiger partial charge in [0.25, 0.3) is 0 Å². The Labute approximate surface area is 331 Å². The average Bonchev–Trinajstić information content (AvgIpc) is 4.09. The minimum atomic E-state index is -0.716. The molecular formula is C51H44N4O2. The number of benzene rings is 4. The Morgan fingerprint density at radius 2 is 0.719 bits per heavy atom. The first-order chi connectivity index (χ1) is 28.1. The van der Waals surface area contributed by atoms with Gasteiger partial charge in [-0.25, -0.2) is 0 Å². The molecule has 5 heterocycles. The molecule has 8 aromatic rings. The van der Waals surface area contributed by atoms with Crippen LogP contribution in [0.3, 0.4) is 0 Å². The average molecular weight is 745 g/mol. The quantitative estimate of drug-likeness (QED) is 0.0872. The monoisotopic (exact) mass is 744 g/mol. The molecule has 0 radical (unpaired) electrons. The fourth-order valence-corrected chi connectivity index (χ4v) is 8.18. The molecule has 0 unspecified atom stereocenters. The van der Waals surface area contributed by atoms with Gasteiger partial charge < -0.3 is 25.0 Å². The van der Waals surface area contributed by atoms with E-state index in [1.807, 2.05) is 0 Å². The smallest absolute Gasteiger partial charge is 0.303 e. The van der Waals surface area contributed by atoms with Gasteiger partial charge in [-0.15, -0.1) is 0 Å². The highest BCUT2D eigenvalue weighted by Crippen LogP contribution is 2.28. The van der Waals surface area contributed by atoms with Crippen LogP contribution in [-0.4, -0.2) is 31.0 Å². The first kappa shape index (κ1) is 35.6. The fourth-order valence-electron chi connectivity index (χ4n) is 8.18. The number of hydrogen-bond acceptors (Lipinski definition) is 1. The van der Waals surface area contributed by atoms with Crippen molar-refractivity contribution in [3.05, 3.63) is 236 Å². The predicted octanol–water partition coefficient (Wildman–Crippen LogP) is 7.88. The Morgan fingerprint density at radius 1 is 0.368 bits per heavy atom. The maximum atomic E-state index is 10.9. The number of carboxylic acid groups (broad SMARTS) is 1. The van der Waals surface area contributed by atoms with Crippen LogP contribution in [0, 0.1) is 0 Å². The number of aliphatic carboxylic acids is 1.